The maximum atomic E-state index is 12.6. The molecule has 0 aromatic heterocycles. The number of nitrogens with one attached hydrogen (secondary N) is 1. The van der Waals surface area contributed by atoms with Crippen LogP contribution in [-0.2, 0) is 14.3 Å². The van der Waals surface area contributed by atoms with Crippen molar-refractivity contribution in [3.63, 3.8) is 0 Å². The topological polar surface area (TPSA) is 95.9 Å². The molecule has 0 aromatic rings. The van der Waals surface area contributed by atoms with Crippen LogP contribution < -0.4 is 5.32 Å². The third-order valence-corrected chi connectivity index (χ3v) is 19.2. The van der Waals surface area contributed by atoms with Crippen LogP contribution in [-0.4, -0.2) is 47.4 Å². The molecule has 0 aromatic carbocycles. The van der Waals surface area contributed by atoms with Gasteiger partial charge in [-0.05, 0) is 57.8 Å². The van der Waals surface area contributed by atoms with Crippen LogP contribution in [0.2, 0.25) is 0 Å². The molecule has 6 nitrogen and oxygen atoms in total. The second-order valence-electron chi connectivity index (χ2n) is 28.1. The molecule has 0 bridgehead atoms. The van der Waals surface area contributed by atoms with Crippen molar-refractivity contribution in [1.29, 1.82) is 0 Å². The van der Waals surface area contributed by atoms with Crippen molar-refractivity contribution in [2.24, 2.45) is 0 Å². The van der Waals surface area contributed by atoms with E-state index >= 15 is 0 Å². The lowest BCUT2D eigenvalue weighted by Gasteiger charge is -2.20. The molecule has 2 unspecified atom stereocenters. The molecule has 0 aliphatic carbocycles. The summed E-state index contributed by atoms with van der Waals surface area (Å²) in [5, 5.41) is 23.3. The lowest BCUT2D eigenvalue weighted by atomic mass is 10.0. The molecule has 2 atom stereocenters. The molecule has 522 valence electrons. The van der Waals surface area contributed by atoms with Gasteiger partial charge in [0.15, 0.2) is 0 Å². The molecule has 0 saturated heterocycles. The summed E-state index contributed by atoms with van der Waals surface area (Å²) in [5.74, 6) is -0.0388. The van der Waals surface area contributed by atoms with E-state index in [1.54, 1.807) is 6.08 Å². The van der Waals surface area contributed by atoms with Gasteiger partial charge >= 0.3 is 5.97 Å². The number of rotatable bonds is 77. The van der Waals surface area contributed by atoms with Crippen LogP contribution in [0.5, 0.6) is 0 Å². The number of esters is 1. The Bertz CT molecular complexity index is 1380. The monoisotopic (exact) mass is 1240 g/mol. The van der Waals surface area contributed by atoms with E-state index in [1.807, 2.05) is 6.08 Å². The third-order valence-electron chi connectivity index (χ3n) is 19.2. The second-order valence-corrected chi connectivity index (χ2v) is 28.1. The van der Waals surface area contributed by atoms with Crippen LogP contribution in [0.15, 0.2) is 24.3 Å². The first-order chi connectivity index (χ1) is 43.5. The lowest BCUT2D eigenvalue weighted by molar-refractivity contribution is -0.143. The van der Waals surface area contributed by atoms with Crippen LogP contribution in [0.4, 0.5) is 0 Å². The Balaban J connectivity index is 3.37. The van der Waals surface area contributed by atoms with Crippen molar-refractivity contribution in [2.45, 2.75) is 475 Å². The summed E-state index contributed by atoms with van der Waals surface area (Å²) in [6, 6.07) is -0.628. The summed E-state index contributed by atoms with van der Waals surface area (Å²) < 4.78 is 5.52. The van der Waals surface area contributed by atoms with Gasteiger partial charge in [-0.2, -0.15) is 0 Å². The first-order valence-electron chi connectivity index (χ1n) is 40.6. The van der Waals surface area contributed by atoms with Crippen molar-refractivity contribution < 1.29 is 24.5 Å². The fourth-order valence-electron chi connectivity index (χ4n) is 13.0. The average Bonchev–Trinajstić information content (AvgIpc) is 3.58. The number of allylic oxidation sites excluding steroid dienone is 3. The number of aliphatic hydroxyl groups is 2. The molecular formula is C82H159NO5. The number of hydrogen-bond donors (Lipinski definition) is 3. The number of hydrogen-bond acceptors (Lipinski definition) is 5. The average molecular weight is 1240 g/mol. The van der Waals surface area contributed by atoms with Gasteiger partial charge in [-0.15, -0.1) is 0 Å². The quantitative estimate of drug-likeness (QED) is 0.0320. The molecule has 0 spiro atoms. The van der Waals surface area contributed by atoms with E-state index in [0.29, 0.717) is 19.4 Å². The molecule has 1 amide bonds. The minimum atomic E-state index is -0.845. The van der Waals surface area contributed by atoms with Crippen LogP contribution in [0, 0.1) is 0 Å². The van der Waals surface area contributed by atoms with Gasteiger partial charge in [0.05, 0.1) is 25.4 Å². The highest BCUT2D eigenvalue weighted by molar-refractivity contribution is 5.76. The van der Waals surface area contributed by atoms with E-state index in [4.69, 9.17) is 4.74 Å². The van der Waals surface area contributed by atoms with E-state index in [2.05, 4.69) is 31.3 Å². The van der Waals surface area contributed by atoms with Gasteiger partial charge in [-0.25, -0.2) is 0 Å². The predicted octanol–water partition coefficient (Wildman–Crippen LogP) is 26.8. The van der Waals surface area contributed by atoms with Crippen molar-refractivity contribution >= 4 is 11.9 Å². The van der Waals surface area contributed by atoms with Crippen LogP contribution in [0.1, 0.15) is 463 Å². The Labute approximate surface area is 551 Å². The van der Waals surface area contributed by atoms with E-state index in [-0.39, 0.29) is 18.5 Å². The van der Waals surface area contributed by atoms with Crippen molar-refractivity contribution in [3.05, 3.63) is 24.3 Å². The Morgan fingerprint density at radius 1 is 0.307 bits per heavy atom. The number of aliphatic hydroxyl groups excluding tert-OH is 2. The summed E-state index contributed by atoms with van der Waals surface area (Å²) in [7, 11) is 0. The van der Waals surface area contributed by atoms with Gasteiger partial charge in [0.2, 0.25) is 5.91 Å². The van der Waals surface area contributed by atoms with Crippen molar-refractivity contribution in [3.8, 4) is 0 Å². The molecule has 0 heterocycles. The summed E-state index contributed by atoms with van der Waals surface area (Å²) in [4.78, 5) is 24.7. The normalized spacial score (nSPS) is 12.5. The molecule has 0 radical (unpaired) electrons. The Hall–Kier alpha value is -1.66. The zero-order chi connectivity index (χ0) is 63.5. The minimum absolute atomic E-state index is 0.0224. The number of carbonyl (C=O) groups excluding carboxylic acids is 2. The fraction of sp³-hybridized carbons (Fsp3) is 0.927. The van der Waals surface area contributed by atoms with Crippen LogP contribution >= 0.6 is 0 Å². The molecule has 0 fully saturated rings. The largest absolute Gasteiger partial charge is 0.466 e. The predicted molar refractivity (Wildman–Crippen MR) is 389 cm³/mol. The van der Waals surface area contributed by atoms with Crippen molar-refractivity contribution in [2.75, 3.05) is 13.2 Å². The Kier molecular flexibility index (Phi) is 76.3. The summed E-state index contributed by atoms with van der Waals surface area (Å²) in [5.41, 5.74) is 0. The smallest absolute Gasteiger partial charge is 0.305 e. The molecule has 0 aliphatic heterocycles. The molecule has 0 saturated carbocycles. The van der Waals surface area contributed by atoms with Crippen LogP contribution in [0.25, 0.3) is 0 Å². The highest BCUT2D eigenvalue weighted by atomic mass is 16.5. The number of unbranched alkanes of at least 4 members (excludes halogenated alkanes) is 64. The summed E-state index contributed by atoms with van der Waals surface area (Å²) in [6.07, 6.45) is 100. The van der Waals surface area contributed by atoms with E-state index in [9.17, 15) is 19.8 Å². The second kappa shape index (κ2) is 77.8. The van der Waals surface area contributed by atoms with Gasteiger partial charge in [-0.1, -0.05) is 417 Å². The van der Waals surface area contributed by atoms with Gasteiger partial charge in [0, 0.05) is 12.8 Å². The van der Waals surface area contributed by atoms with E-state index in [0.717, 1.165) is 38.5 Å². The van der Waals surface area contributed by atoms with Gasteiger partial charge < -0.3 is 20.3 Å². The molecule has 3 N–H and O–H groups in total. The Morgan fingerprint density at radius 3 is 0.807 bits per heavy atom. The molecule has 0 rings (SSSR count). The number of ether oxygens (including phenoxy) is 1. The van der Waals surface area contributed by atoms with Gasteiger partial charge in [-0.3, -0.25) is 9.59 Å². The zero-order valence-electron chi connectivity index (χ0n) is 60.0. The maximum absolute atomic E-state index is 12.6. The van der Waals surface area contributed by atoms with E-state index in [1.165, 1.54) is 398 Å². The number of amides is 1. The first kappa shape index (κ1) is 86.3. The number of carbonyl (C=O) groups is 2. The van der Waals surface area contributed by atoms with Gasteiger partial charge in [0.25, 0.3) is 0 Å². The highest BCUT2D eigenvalue weighted by Gasteiger charge is 2.18. The molecule has 0 aliphatic rings. The van der Waals surface area contributed by atoms with E-state index < -0.39 is 12.1 Å². The SMILES string of the molecule is CCCCCCCCCCCCCCCCCCCCCCC/C=C/C(O)C(CO)NC(=O)CCCCCCCCCCCCCCCC/C=C\CCCCCCCCCCCCCCOC(=O)CCCCCCCCCCCCCCCCCCCC. The molecule has 88 heavy (non-hydrogen) atoms. The highest BCUT2D eigenvalue weighted by Crippen LogP contribution is 2.20. The maximum Gasteiger partial charge on any atom is 0.305 e. The van der Waals surface area contributed by atoms with Crippen LogP contribution in [0.3, 0.4) is 0 Å². The Morgan fingerprint density at radius 2 is 0.534 bits per heavy atom. The minimum Gasteiger partial charge on any atom is -0.466 e. The summed E-state index contributed by atoms with van der Waals surface area (Å²) >= 11 is 0. The van der Waals surface area contributed by atoms with Gasteiger partial charge in [0.1, 0.15) is 0 Å². The lowest BCUT2D eigenvalue weighted by Crippen LogP contribution is -2.45. The fourth-order valence-corrected chi connectivity index (χ4v) is 13.0. The summed E-state index contributed by atoms with van der Waals surface area (Å²) in [6.45, 7) is 4.97. The van der Waals surface area contributed by atoms with Crippen molar-refractivity contribution in [1.82, 2.24) is 5.32 Å². The molecular weight excluding hydrogens is 1080 g/mol. The third kappa shape index (κ3) is 73.4. The zero-order valence-corrected chi connectivity index (χ0v) is 60.0. The standard InChI is InChI=1S/C82H159NO5/c1-3-5-7-9-11-13-15-17-19-21-23-24-33-36-39-42-46-50-54-58-62-66-70-74-80(85)79(78-84)83-81(86)75-71-67-63-59-55-51-47-43-40-37-34-31-29-27-25-26-28-30-32-35-38-41-45-49-53-57-61-65-69-73-77-88-82(87)76-72-68-64-60-56-52-48-44-22-20-18-16-14-12-10-8-6-4-2/h26,28,70,74,79-80,84-85H,3-25,27,29-69,71-73,75-78H2,1-2H3,(H,83,86)/b28-26-,74-70+. The molecule has 6 heteroatoms. The first-order valence-corrected chi connectivity index (χ1v) is 40.6.